The van der Waals surface area contributed by atoms with Crippen molar-refractivity contribution < 1.29 is 19.0 Å². The second kappa shape index (κ2) is 8.43. The SMILES string of the molecule is COc1cccc(OC)c1C(=O)NCCCOC(C)C. The molecule has 5 nitrogen and oxygen atoms in total. The van der Waals surface area contributed by atoms with Crippen molar-refractivity contribution in [1.82, 2.24) is 5.32 Å². The molecule has 0 heterocycles. The second-order valence-corrected chi connectivity index (χ2v) is 4.57. The maximum Gasteiger partial charge on any atom is 0.258 e. The molecule has 0 radical (unpaired) electrons. The summed E-state index contributed by atoms with van der Waals surface area (Å²) in [4.78, 5) is 12.2. The van der Waals surface area contributed by atoms with Crippen molar-refractivity contribution in [3.05, 3.63) is 23.8 Å². The summed E-state index contributed by atoms with van der Waals surface area (Å²) < 4.78 is 15.8. The minimum Gasteiger partial charge on any atom is -0.496 e. The molecule has 0 saturated carbocycles. The van der Waals surface area contributed by atoms with Gasteiger partial charge in [-0.05, 0) is 32.4 Å². The van der Waals surface area contributed by atoms with E-state index in [1.807, 2.05) is 13.8 Å². The van der Waals surface area contributed by atoms with Crippen LogP contribution in [0.15, 0.2) is 18.2 Å². The molecule has 20 heavy (non-hydrogen) atoms. The van der Waals surface area contributed by atoms with Gasteiger partial charge in [0, 0.05) is 13.2 Å². The van der Waals surface area contributed by atoms with Gasteiger partial charge in [0.25, 0.3) is 5.91 Å². The molecule has 0 bridgehead atoms. The zero-order valence-electron chi connectivity index (χ0n) is 12.6. The zero-order chi connectivity index (χ0) is 15.0. The molecular weight excluding hydrogens is 258 g/mol. The first-order chi connectivity index (χ1) is 9.60. The van der Waals surface area contributed by atoms with Crippen LogP contribution in [0.25, 0.3) is 0 Å². The van der Waals surface area contributed by atoms with Crippen LogP contribution in [0.2, 0.25) is 0 Å². The number of amides is 1. The van der Waals surface area contributed by atoms with Crippen molar-refractivity contribution in [3.63, 3.8) is 0 Å². The Hall–Kier alpha value is -1.75. The number of hydrogen-bond acceptors (Lipinski definition) is 4. The molecule has 112 valence electrons. The molecule has 0 atom stereocenters. The standard InChI is InChI=1S/C15H23NO4/c1-11(2)20-10-6-9-16-15(17)14-12(18-3)7-5-8-13(14)19-4/h5,7-8,11H,6,9-10H2,1-4H3,(H,16,17). The third kappa shape index (κ3) is 4.74. The molecule has 1 rings (SSSR count). The van der Waals surface area contributed by atoms with Crippen LogP contribution < -0.4 is 14.8 Å². The number of rotatable bonds is 8. The smallest absolute Gasteiger partial charge is 0.258 e. The Kier molecular flexibility index (Phi) is 6.87. The van der Waals surface area contributed by atoms with Crippen LogP contribution in [0.3, 0.4) is 0 Å². The van der Waals surface area contributed by atoms with Gasteiger partial charge in [0.15, 0.2) is 0 Å². The summed E-state index contributed by atoms with van der Waals surface area (Å²) in [5.41, 5.74) is 0.419. The second-order valence-electron chi connectivity index (χ2n) is 4.57. The van der Waals surface area contributed by atoms with Crippen molar-refractivity contribution >= 4 is 5.91 Å². The number of methoxy groups -OCH3 is 2. The molecule has 0 aliphatic rings. The molecule has 0 unspecified atom stereocenters. The van der Waals surface area contributed by atoms with Crippen molar-refractivity contribution in [1.29, 1.82) is 0 Å². The first-order valence-electron chi connectivity index (χ1n) is 6.71. The fourth-order valence-electron chi connectivity index (χ4n) is 1.76. The molecule has 0 saturated heterocycles. The summed E-state index contributed by atoms with van der Waals surface area (Å²) in [6.45, 7) is 5.14. The van der Waals surface area contributed by atoms with E-state index < -0.39 is 0 Å². The molecule has 1 aromatic carbocycles. The summed E-state index contributed by atoms with van der Waals surface area (Å²) in [7, 11) is 3.06. The Bertz CT molecular complexity index is 410. The van der Waals surface area contributed by atoms with Gasteiger partial charge in [-0.15, -0.1) is 0 Å². The number of carbonyl (C=O) groups excluding carboxylic acids is 1. The molecule has 1 aromatic rings. The van der Waals surface area contributed by atoms with Crippen molar-refractivity contribution in [2.45, 2.75) is 26.4 Å². The largest absolute Gasteiger partial charge is 0.496 e. The molecule has 0 fully saturated rings. The van der Waals surface area contributed by atoms with Crippen molar-refractivity contribution in [2.75, 3.05) is 27.4 Å². The molecule has 0 spiro atoms. The Morgan fingerprint density at radius 3 is 2.30 bits per heavy atom. The van der Waals surface area contributed by atoms with Crippen LogP contribution in [0.5, 0.6) is 11.5 Å². The van der Waals surface area contributed by atoms with Crippen LogP contribution in [0, 0.1) is 0 Å². The van der Waals surface area contributed by atoms with Gasteiger partial charge in [0.1, 0.15) is 17.1 Å². The van der Waals surface area contributed by atoms with E-state index in [1.165, 1.54) is 14.2 Å². The molecule has 0 aromatic heterocycles. The maximum absolute atomic E-state index is 12.2. The fourth-order valence-corrected chi connectivity index (χ4v) is 1.76. The van der Waals surface area contributed by atoms with Crippen LogP contribution in [0.4, 0.5) is 0 Å². The molecule has 5 heteroatoms. The van der Waals surface area contributed by atoms with E-state index in [0.717, 1.165) is 6.42 Å². The minimum absolute atomic E-state index is 0.205. The highest BCUT2D eigenvalue weighted by molar-refractivity contribution is 5.99. The zero-order valence-corrected chi connectivity index (χ0v) is 12.6. The maximum atomic E-state index is 12.2. The molecule has 1 N–H and O–H groups in total. The van der Waals surface area contributed by atoms with Crippen LogP contribution in [-0.4, -0.2) is 39.4 Å². The lowest BCUT2D eigenvalue weighted by molar-refractivity contribution is 0.0756. The summed E-state index contributed by atoms with van der Waals surface area (Å²) in [6, 6.07) is 5.25. The van der Waals surface area contributed by atoms with Gasteiger partial charge in [-0.2, -0.15) is 0 Å². The normalized spacial score (nSPS) is 10.4. The monoisotopic (exact) mass is 281 g/mol. The topological polar surface area (TPSA) is 56.8 Å². The summed E-state index contributed by atoms with van der Waals surface area (Å²) in [6.07, 6.45) is 0.974. The predicted octanol–water partition coefficient (Wildman–Crippen LogP) is 2.25. The highest BCUT2D eigenvalue weighted by Gasteiger charge is 2.17. The lowest BCUT2D eigenvalue weighted by atomic mass is 10.1. The van der Waals surface area contributed by atoms with E-state index in [9.17, 15) is 4.79 Å². The summed E-state index contributed by atoms with van der Waals surface area (Å²) in [5, 5.41) is 2.84. The Morgan fingerprint density at radius 2 is 1.80 bits per heavy atom. The first kappa shape index (κ1) is 16.3. The number of ether oxygens (including phenoxy) is 3. The number of hydrogen-bond donors (Lipinski definition) is 1. The third-order valence-corrected chi connectivity index (χ3v) is 2.71. The van der Waals surface area contributed by atoms with Gasteiger partial charge < -0.3 is 19.5 Å². The van der Waals surface area contributed by atoms with Crippen molar-refractivity contribution in [3.8, 4) is 11.5 Å². The first-order valence-corrected chi connectivity index (χ1v) is 6.71. The van der Waals surface area contributed by atoms with Gasteiger partial charge in [-0.25, -0.2) is 0 Å². The van der Waals surface area contributed by atoms with E-state index >= 15 is 0 Å². The summed E-state index contributed by atoms with van der Waals surface area (Å²) in [5.74, 6) is 0.796. The van der Waals surface area contributed by atoms with Gasteiger partial charge in [0.2, 0.25) is 0 Å². The molecular formula is C15H23NO4. The number of benzene rings is 1. The Morgan fingerprint density at radius 1 is 1.20 bits per heavy atom. The Balaban J connectivity index is 2.58. The fraction of sp³-hybridized carbons (Fsp3) is 0.533. The van der Waals surface area contributed by atoms with Crippen LogP contribution in [-0.2, 0) is 4.74 Å². The average molecular weight is 281 g/mol. The molecule has 0 aliphatic carbocycles. The van der Waals surface area contributed by atoms with Gasteiger partial charge in [0.05, 0.1) is 20.3 Å². The minimum atomic E-state index is -0.205. The number of nitrogens with one attached hydrogen (secondary N) is 1. The average Bonchev–Trinajstić information content (AvgIpc) is 2.45. The van der Waals surface area contributed by atoms with Crippen LogP contribution >= 0.6 is 0 Å². The highest BCUT2D eigenvalue weighted by atomic mass is 16.5. The van der Waals surface area contributed by atoms with E-state index in [4.69, 9.17) is 14.2 Å². The summed E-state index contributed by atoms with van der Waals surface area (Å²) >= 11 is 0. The van der Waals surface area contributed by atoms with E-state index in [-0.39, 0.29) is 12.0 Å². The van der Waals surface area contributed by atoms with E-state index in [2.05, 4.69) is 5.32 Å². The predicted molar refractivity (Wildman–Crippen MR) is 77.6 cm³/mol. The quantitative estimate of drug-likeness (QED) is 0.743. The third-order valence-electron chi connectivity index (χ3n) is 2.71. The van der Waals surface area contributed by atoms with Gasteiger partial charge >= 0.3 is 0 Å². The van der Waals surface area contributed by atoms with Crippen LogP contribution in [0.1, 0.15) is 30.6 Å². The van der Waals surface area contributed by atoms with Crippen molar-refractivity contribution in [2.24, 2.45) is 0 Å². The lowest BCUT2D eigenvalue weighted by Crippen LogP contribution is -2.26. The van der Waals surface area contributed by atoms with Gasteiger partial charge in [-0.1, -0.05) is 6.07 Å². The number of carbonyl (C=O) groups is 1. The van der Waals surface area contributed by atoms with E-state index in [0.29, 0.717) is 30.2 Å². The highest BCUT2D eigenvalue weighted by Crippen LogP contribution is 2.27. The molecule has 0 aliphatic heterocycles. The van der Waals surface area contributed by atoms with E-state index in [1.54, 1.807) is 18.2 Å². The van der Waals surface area contributed by atoms with Gasteiger partial charge in [-0.3, -0.25) is 4.79 Å². The Labute approximate surface area is 120 Å². The lowest BCUT2D eigenvalue weighted by Gasteiger charge is -2.13. The molecule has 1 amide bonds.